The van der Waals surface area contributed by atoms with E-state index in [0.29, 0.717) is 36.6 Å². The first-order chi connectivity index (χ1) is 10.4. The highest BCUT2D eigenvalue weighted by Crippen LogP contribution is 2.17. The summed E-state index contributed by atoms with van der Waals surface area (Å²) in [7, 11) is 0. The molecule has 2 N–H and O–H groups in total. The van der Waals surface area contributed by atoms with E-state index in [2.05, 4.69) is 19.2 Å². The van der Waals surface area contributed by atoms with Crippen molar-refractivity contribution < 1.29 is 23.8 Å². The van der Waals surface area contributed by atoms with Gasteiger partial charge in [0.25, 0.3) is 5.91 Å². The molecule has 0 aliphatic carbocycles. The van der Waals surface area contributed by atoms with Gasteiger partial charge in [-0.25, -0.2) is 0 Å². The lowest BCUT2D eigenvalue weighted by Crippen LogP contribution is -2.31. The normalized spacial score (nSPS) is 12.4. The number of carboxylic acids is 1. The largest absolute Gasteiger partial charge is 0.481 e. The zero-order valence-electron chi connectivity index (χ0n) is 13.6. The van der Waals surface area contributed by atoms with Crippen LogP contribution in [0.15, 0.2) is 10.7 Å². The van der Waals surface area contributed by atoms with Crippen LogP contribution in [0.4, 0.5) is 0 Å². The van der Waals surface area contributed by atoms with Crippen LogP contribution in [0.25, 0.3) is 0 Å². The lowest BCUT2D eigenvalue weighted by Gasteiger charge is -2.20. The number of ether oxygens (including phenoxy) is 1. The Kier molecular flexibility index (Phi) is 7.11. The molecule has 124 valence electrons. The molecule has 0 fully saturated rings. The van der Waals surface area contributed by atoms with Gasteiger partial charge in [0.05, 0.1) is 17.9 Å². The van der Waals surface area contributed by atoms with Crippen molar-refractivity contribution in [1.82, 2.24) is 5.32 Å². The van der Waals surface area contributed by atoms with Crippen molar-refractivity contribution in [3.05, 3.63) is 23.2 Å². The molecule has 1 heterocycles. The van der Waals surface area contributed by atoms with Gasteiger partial charge in [-0.3, -0.25) is 9.59 Å². The van der Waals surface area contributed by atoms with Crippen LogP contribution in [0.1, 0.15) is 48.9 Å². The maximum absolute atomic E-state index is 12.2. The van der Waals surface area contributed by atoms with Crippen molar-refractivity contribution in [3.8, 4) is 0 Å². The topological polar surface area (TPSA) is 88.8 Å². The van der Waals surface area contributed by atoms with E-state index in [-0.39, 0.29) is 24.2 Å². The molecule has 0 radical (unpaired) electrons. The summed E-state index contributed by atoms with van der Waals surface area (Å²) in [5, 5.41) is 11.7. The Morgan fingerprint density at radius 1 is 1.41 bits per heavy atom. The zero-order valence-corrected chi connectivity index (χ0v) is 13.6. The van der Waals surface area contributed by atoms with Crippen LogP contribution in [-0.2, 0) is 16.0 Å². The number of amides is 1. The number of aryl methyl sites for hydroxylation is 1. The third-order valence-corrected chi connectivity index (χ3v) is 3.43. The van der Waals surface area contributed by atoms with Gasteiger partial charge in [0.2, 0.25) is 0 Å². The first kappa shape index (κ1) is 18.2. The van der Waals surface area contributed by atoms with Crippen LogP contribution in [0.3, 0.4) is 0 Å². The van der Waals surface area contributed by atoms with Gasteiger partial charge in [0, 0.05) is 18.7 Å². The summed E-state index contributed by atoms with van der Waals surface area (Å²) in [6.45, 7) is 8.93. The summed E-state index contributed by atoms with van der Waals surface area (Å²) in [5.74, 6) is -0.774. The lowest BCUT2D eigenvalue weighted by molar-refractivity contribution is -0.136. The minimum Gasteiger partial charge on any atom is -0.481 e. The first-order valence-electron chi connectivity index (χ1n) is 7.55. The zero-order chi connectivity index (χ0) is 16.7. The highest BCUT2D eigenvalue weighted by molar-refractivity contribution is 5.97. The van der Waals surface area contributed by atoms with E-state index < -0.39 is 5.97 Å². The fourth-order valence-corrected chi connectivity index (χ4v) is 2.31. The molecule has 1 aromatic rings. The summed E-state index contributed by atoms with van der Waals surface area (Å²) in [4.78, 5) is 23.0. The average Bonchev–Trinajstić information content (AvgIpc) is 2.77. The quantitative estimate of drug-likeness (QED) is 0.731. The molecule has 0 aliphatic rings. The summed E-state index contributed by atoms with van der Waals surface area (Å²) >= 11 is 0. The standard InChI is InChI=1S/C16H25NO5/c1-5-21-12(10(2)3)6-7-17-16(20)15-11(4)9-22-13(15)8-14(18)19/h9-10,12H,5-8H2,1-4H3,(H,17,20)(H,18,19). The Morgan fingerprint density at radius 2 is 2.09 bits per heavy atom. The number of nitrogens with one attached hydrogen (secondary N) is 1. The van der Waals surface area contributed by atoms with E-state index in [4.69, 9.17) is 14.3 Å². The maximum atomic E-state index is 12.2. The molecule has 0 bridgehead atoms. The number of hydrogen-bond donors (Lipinski definition) is 2. The van der Waals surface area contributed by atoms with Gasteiger partial charge >= 0.3 is 5.97 Å². The third kappa shape index (κ3) is 5.18. The molecule has 1 amide bonds. The van der Waals surface area contributed by atoms with Crippen LogP contribution in [0.2, 0.25) is 0 Å². The molecule has 1 atom stereocenters. The number of carbonyl (C=O) groups excluding carboxylic acids is 1. The van der Waals surface area contributed by atoms with Crippen LogP contribution in [-0.4, -0.2) is 36.2 Å². The van der Waals surface area contributed by atoms with Gasteiger partial charge in [0.15, 0.2) is 0 Å². The fraction of sp³-hybridized carbons (Fsp3) is 0.625. The average molecular weight is 311 g/mol. The van der Waals surface area contributed by atoms with Gasteiger partial charge in [0.1, 0.15) is 12.2 Å². The van der Waals surface area contributed by atoms with Crippen LogP contribution in [0, 0.1) is 12.8 Å². The summed E-state index contributed by atoms with van der Waals surface area (Å²) in [6.07, 6.45) is 1.91. The van der Waals surface area contributed by atoms with Gasteiger partial charge in [-0.05, 0) is 26.2 Å². The second-order valence-corrected chi connectivity index (χ2v) is 5.57. The van der Waals surface area contributed by atoms with Crippen molar-refractivity contribution in [1.29, 1.82) is 0 Å². The predicted octanol–water partition coefficient (Wildman–Crippen LogP) is 2.40. The molecule has 6 nitrogen and oxygen atoms in total. The van der Waals surface area contributed by atoms with Crippen molar-refractivity contribution in [2.24, 2.45) is 5.92 Å². The second-order valence-electron chi connectivity index (χ2n) is 5.57. The highest BCUT2D eigenvalue weighted by atomic mass is 16.5. The number of hydrogen-bond acceptors (Lipinski definition) is 4. The van der Waals surface area contributed by atoms with Crippen molar-refractivity contribution in [2.45, 2.75) is 46.6 Å². The smallest absolute Gasteiger partial charge is 0.311 e. The molecule has 6 heteroatoms. The van der Waals surface area contributed by atoms with Gasteiger partial charge in [-0.1, -0.05) is 13.8 Å². The van der Waals surface area contributed by atoms with E-state index in [1.165, 1.54) is 6.26 Å². The van der Waals surface area contributed by atoms with E-state index in [1.807, 2.05) is 6.92 Å². The Balaban J connectivity index is 2.62. The fourth-order valence-electron chi connectivity index (χ4n) is 2.31. The number of carboxylic acid groups (broad SMARTS) is 1. The van der Waals surface area contributed by atoms with Gasteiger partial charge < -0.3 is 19.6 Å². The number of aliphatic carboxylic acids is 1. The molecular weight excluding hydrogens is 286 g/mol. The van der Waals surface area contributed by atoms with Gasteiger partial charge in [-0.15, -0.1) is 0 Å². The third-order valence-electron chi connectivity index (χ3n) is 3.43. The number of furan rings is 1. The molecule has 0 saturated carbocycles. The van der Waals surface area contributed by atoms with E-state index in [1.54, 1.807) is 6.92 Å². The summed E-state index contributed by atoms with van der Waals surface area (Å²) in [5.41, 5.74) is 0.957. The van der Waals surface area contributed by atoms with E-state index in [9.17, 15) is 9.59 Å². The molecule has 1 rings (SSSR count). The summed E-state index contributed by atoms with van der Waals surface area (Å²) < 4.78 is 10.8. The van der Waals surface area contributed by atoms with Crippen LogP contribution >= 0.6 is 0 Å². The molecule has 0 aliphatic heterocycles. The Bertz CT molecular complexity index is 507. The van der Waals surface area contributed by atoms with Crippen molar-refractivity contribution in [2.75, 3.05) is 13.2 Å². The van der Waals surface area contributed by atoms with Crippen LogP contribution in [0.5, 0.6) is 0 Å². The van der Waals surface area contributed by atoms with Crippen LogP contribution < -0.4 is 5.32 Å². The molecule has 1 unspecified atom stereocenters. The molecule has 0 saturated heterocycles. The van der Waals surface area contributed by atoms with Crippen molar-refractivity contribution in [3.63, 3.8) is 0 Å². The minimum absolute atomic E-state index is 0.0919. The highest BCUT2D eigenvalue weighted by Gasteiger charge is 2.21. The van der Waals surface area contributed by atoms with Gasteiger partial charge in [-0.2, -0.15) is 0 Å². The molecular formula is C16H25NO5. The molecule has 0 spiro atoms. The Hall–Kier alpha value is -1.82. The Morgan fingerprint density at radius 3 is 2.64 bits per heavy atom. The number of rotatable bonds is 9. The monoisotopic (exact) mass is 311 g/mol. The molecule has 0 aromatic carbocycles. The van der Waals surface area contributed by atoms with Crippen molar-refractivity contribution >= 4 is 11.9 Å². The van der Waals surface area contributed by atoms with E-state index >= 15 is 0 Å². The predicted molar refractivity (Wildman–Crippen MR) is 82.0 cm³/mol. The minimum atomic E-state index is -1.03. The molecule has 1 aromatic heterocycles. The molecule has 22 heavy (non-hydrogen) atoms. The van der Waals surface area contributed by atoms with E-state index in [0.717, 1.165) is 0 Å². The maximum Gasteiger partial charge on any atom is 0.311 e. The lowest BCUT2D eigenvalue weighted by atomic mass is 10.0. The Labute approximate surface area is 130 Å². The summed E-state index contributed by atoms with van der Waals surface area (Å²) in [6, 6.07) is 0. The SMILES string of the molecule is CCOC(CCNC(=O)c1c(C)coc1CC(=O)O)C(C)C. The number of carbonyl (C=O) groups is 2. The second kappa shape index (κ2) is 8.58. The first-order valence-corrected chi connectivity index (χ1v) is 7.55.